The fourth-order valence-corrected chi connectivity index (χ4v) is 2.80. The van der Waals surface area contributed by atoms with Gasteiger partial charge in [-0.25, -0.2) is 4.98 Å². The Bertz CT molecular complexity index is 734. The highest BCUT2D eigenvalue weighted by Crippen LogP contribution is 2.12. The van der Waals surface area contributed by atoms with Crippen molar-refractivity contribution in [2.75, 3.05) is 0 Å². The van der Waals surface area contributed by atoms with Crippen LogP contribution in [0.4, 0.5) is 0 Å². The third-order valence-corrected chi connectivity index (χ3v) is 3.83. The molecule has 0 bridgehead atoms. The smallest absolute Gasteiger partial charge is 0.258 e. The number of H-pyrrole nitrogens is 1. The molecule has 0 aliphatic carbocycles. The molecular weight excluding hydrogens is 290 g/mol. The van der Waals surface area contributed by atoms with E-state index in [1.165, 1.54) is 0 Å². The number of aromatic nitrogens is 2. The topological polar surface area (TPSA) is 74.8 Å². The molecule has 1 aromatic carbocycles. The first-order valence-electron chi connectivity index (χ1n) is 8.20. The second-order valence-electron chi connectivity index (χ2n) is 6.57. The molecule has 0 radical (unpaired) electrons. The largest absolute Gasteiger partial charge is 0.351 e. The number of amides is 1. The van der Waals surface area contributed by atoms with E-state index >= 15 is 0 Å². The summed E-state index contributed by atoms with van der Waals surface area (Å²) in [4.78, 5) is 31.2. The zero-order valence-corrected chi connectivity index (χ0v) is 14.1. The van der Waals surface area contributed by atoms with Crippen molar-refractivity contribution >= 4 is 16.8 Å². The van der Waals surface area contributed by atoms with Crippen LogP contribution >= 0.6 is 0 Å². The van der Waals surface area contributed by atoms with Gasteiger partial charge < -0.3 is 10.3 Å². The zero-order chi connectivity index (χ0) is 16.9. The summed E-state index contributed by atoms with van der Waals surface area (Å²) < 4.78 is 0. The Morgan fingerprint density at radius 3 is 2.78 bits per heavy atom. The summed E-state index contributed by atoms with van der Waals surface area (Å²) in [6.45, 7) is 6.18. The number of nitrogens with zero attached hydrogens (tertiary/aromatic N) is 1. The first kappa shape index (κ1) is 17.2. The van der Waals surface area contributed by atoms with E-state index in [2.05, 4.69) is 22.2 Å². The van der Waals surface area contributed by atoms with Crippen LogP contribution in [0.15, 0.2) is 29.1 Å². The summed E-state index contributed by atoms with van der Waals surface area (Å²) in [6.07, 6.45) is 3.68. The van der Waals surface area contributed by atoms with E-state index in [1.54, 1.807) is 6.07 Å². The molecule has 0 spiro atoms. The van der Waals surface area contributed by atoms with E-state index in [9.17, 15) is 9.59 Å². The predicted molar refractivity (Wildman–Crippen MR) is 92.4 cm³/mol. The van der Waals surface area contributed by atoms with E-state index in [0.29, 0.717) is 36.0 Å². The van der Waals surface area contributed by atoms with Gasteiger partial charge in [0, 0.05) is 18.4 Å². The number of hydrogen-bond donors (Lipinski definition) is 2. The highest BCUT2D eigenvalue weighted by molar-refractivity contribution is 5.77. The monoisotopic (exact) mass is 315 g/mol. The number of carbonyl (C=O) groups is 1. The molecule has 0 atom stereocenters. The average Bonchev–Trinajstić information content (AvgIpc) is 2.46. The van der Waals surface area contributed by atoms with Gasteiger partial charge in [0.15, 0.2) is 0 Å². The van der Waals surface area contributed by atoms with Crippen LogP contribution in [0.2, 0.25) is 0 Å². The molecule has 5 nitrogen and oxygen atoms in total. The molecule has 0 unspecified atom stereocenters. The third kappa shape index (κ3) is 4.91. The Morgan fingerprint density at radius 1 is 1.30 bits per heavy atom. The maximum absolute atomic E-state index is 12.0. The first-order chi connectivity index (χ1) is 10.9. The Hall–Kier alpha value is -2.17. The number of para-hydroxylation sites is 1. The van der Waals surface area contributed by atoms with Gasteiger partial charge in [0.2, 0.25) is 5.91 Å². The number of nitrogens with one attached hydrogen (secondary N) is 2. The molecule has 1 amide bonds. The van der Waals surface area contributed by atoms with E-state index < -0.39 is 0 Å². The highest BCUT2D eigenvalue weighted by atomic mass is 16.1. The summed E-state index contributed by atoms with van der Waals surface area (Å²) in [5.41, 5.74) is 0.403. The van der Waals surface area contributed by atoms with Crippen molar-refractivity contribution in [3.63, 3.8) is 0 Å². The van der Waals surface area contributed by atoms with Gasteiger partial charge in [-0.2, -0.15) is 0 Å². The van der Waals surface area contributed by atoms with Gasteiger partial charge in [0.1, 0.15) is 5.82 Å². The molecule has 5 heteroatoms. The van der Waals surface area contributed by atoms with E-state index in [1.807, 2.05) is 32.0 Å². The van der Waals surface area contributed by atoms with Gasteiger partial charge in [-0.3, -0.25) is 9.59 Å². The maximum atomic E-state index is 12.0. The van der Waals surface area contributed by atoms with Gasteiger partial charge in [-0.05, 0) is 38.8 Å². The van der Waals surface area contributed by atoms with Crippen molar-refractivity contribution in [2.45, 2.75) is 58.4 Å². The van der Waals surface area contributed by atoms with Crippen LogP contribution in [0.1, 0.15) is 52.3 Å². The molecule has 1 heterocycles. The fraction of sp³-hybridized carbons (Fsp3) is 0.500. The molecule has 2 N–H and O–H groups in total. The van der Waals surface area contributed by atoms with Gasteiger partial charge in [0.05, 0.1) is 10.9 Å². The van der Waals surface area contributed by atoms with Crippen molar-refractivity contribution in [1.29, 1.82) is 0 Å². The summed E-state index contributed by atoms with van der Waals surface area (Å²) in [5.74, 6) is 0.681. The van der Waals surface area contributed by atoms with Crippen molar-refractivity contribution in [1.82, 2.24) is 15.3 Å². The lowest BCUT2D eigenvalue weighted by Gasteiger charge is -2.25. The number of fused-ring (bicyclic) bond motifs is 1. The number of benzene rings is 1. The predicted octanol–water partition coefficient (Wildman–Crippen LogP) is 2.94. The van der Waals surface area contributed by atoms with E-state index in [0.717, 1.165) is 12.8 Å². The van der Waals surface area contributed by atoms with Crippen LogP contribution < -0.4 is 10.9 Å². The SMILES string of the molecule is CCCC(C)(C)NC(=O)CCCc1nc2ccccc2c(=O)[nH]1. The summed E-state index contributed by atoms with van der Waals surface area (Å²) in [6, 6.07) is 7.27. The molecule has 0 saturated carbocycles. The standard InChI is InChI=1S/C18H25N3O2/c1-4-12-18(2,3)21-16(22)11-7-10-15-19-14-9-6-5-8-13(14)17(23)20-15/h5-6,8-9H,4,7,10-12H2,1-3H3,(H,21,22)(H,19,20,23). The molecule has 0 fully saturated rings. The van der Waals surface area contributed by atoms with Gasteiger partial charge in [0.25, 0.3) is 5.56 Å². The highest BCUT2D eigenvalue weighted by Gasteiger charge is 2.18. The second-order valence-corrected chi connectivity index (χ2v) is 6.57. The normalized spacial score (nSPS) is 11.6. The Balaban J connectivity index is 1.92. The van der Waals surface area contributed by atoms with Gasteiger partial charge in [-0.15, -0.1) is 0 Å². The molecule has 1 aromatic heterocycles. The van der Waals surface area contributed by atoms with Crippen LogP contribution in [0.5, 0.6) is 0 Å². The summed E-state index contributed by atoms with van der Waals surface area (Å²) in [5, 5.41) is 3.65. The molecule has 124 valence electrons. The van der Waals surface area contributed by atoms with E-state index in [-0.39, 0.29) is 17.0 Å². The number of hydrogen-bond acceptors (Lipinski definition) is 3. The van der Waals surface area contributed by atoms with Crippen LogP contribution in [0, 0.1) is 0 Å². The summed E-state index contributed by atoms with van der Waals surface area (Å²) in [7, 11) is 0. The lowest BCUT2D eigenvalue weighted by atomic mass is 9.98. The molecule has 0 aliphatic heterocycles. The van der Waals surface area contributed by atoms with Crippen molar-refractivity contribution in [3.8, 4) is 0 Å². The maximum Gasteiger partial charge on any atom is 0.258 e. The molecule has 0 aliphatic rings. The minimum atomic E-state index is -0.165. The molecule has 0 saturated heterocycles. The van der Waals surface area contributed by atoms with Crippen LogP contribution in [-0.4, -0.2) is 21.4 Å². The van der Waals surface area contributed by atoms with Gasteiger partial charge >= 0.3 is 0 Å². The lowest BCUT2D eigenvalue weighted by Crippen LogP contribution is -2.43. The number of carbonyl (C=O) groups excluding carboxylic acids is 1. The number of aryl methyl sites for hydroxylation is 1. The first-order valence-corrected chi connectivity index (χ1v) is 8.20. The lowest BCUT2D eigenvalue weighted by molar-refractivity contribution is -0.122. The second kappa shape index (κ2) is 7.40. The fourth-order valence-electron chi connectivity index (χ4n) is 2.80. The summed E-state index contributed by atoms with van der Waals surface area (Å²) >= 11 is 0. The van der Waals surface area contributed by atoms with Crippen LogP contribution in [-0.2, 0) is 11.2 Å². The Labute approximate surface area is 136 Å². The van der Waals surface area contributed by atoms with Crippen LogP contribution in [0.25, 0.3) is 10.9 Å². The Morgan fingerprint density at radius 2 is 2.04 bits per heavy atom. The van der Waals surface area contributed by atoms with E-state index in [4.69, 9.17) is 0 Å². The van der Waals surface area contributed by atoms with Crippen molar-refractivity contribution < 1.29 is 4.79 Å². The zero-order valence-electron chi connectivity index (χ0n) is 14.1. The molecule has 2 aromatic rings. The molecule has 23 heavy (non-hydrogen) atoms. The van der Waals surface area contributed by atoms with Crippen molar-refractivity contribution in [3.05, 3.63) is 40.4 Å². The minimum absolute atomic E-state index is 0.0478. The van der Waals surface area contributed by atoms with Crippen LogP contribution in [0.3, 0.4) is 0 Å². The van der Waals surface area contributed by atoms with Crippen molar-refractivity contribution in [2.24, 2.45) is 0 Å². The molecular formula is C18H25N3O2. The Kier molecular flexibility index (Phi) is 5.53. The quantitative estimate of drug-likeness (QED) is 0.825. The number of rotatable bonds is 7. The average molecular weight is 315 g/mol. The molecule has 2 rings (SSSR count). The van der Waals surface area contributed by atoms with Gasteiger partial charge in [-0.1, -0.05) is 25.5 Å². The third-order valence-electron chi connectivity index (χ3n) is 3.83. The minimum Gasteiger partial charge on any atom is -0.351 e. The number of aromatic amines is 1.